The van der Waals surface area contributed by atoms with E-state index in [4.69, 9.17) is 15.3 Å². The minimum Gasteiger partial charge on any atom is -0.396 e. The lowest BCUT2D eigenvalue weighted by Gasteiger charge is -2.08. The van der Waals surface area contributed by atoms with E-state index < -0.39 is 24.1 Å². The molecule has 0 amide bonds. The Morgan fingerprint density at radius 3 is 2.36 bits per heavy atom. The second-order valence-corrected chi connectivity index (χ2v) is 2.87. The van der Waals surface area contributed by atoms with Gasteiger partial charge in [-0.25, -0.2) is 4.79 Å². The molecule has 0 saturated heterocycles. The second-order valence-electron chi connectivity index (χ2n) is 2.87. The molecule has 0 aromatic heterocycles. The molecule has 3 N–H and O–H groups in total. The summed E-state index contributed by atoms with van der Waals surface area (Å²) in [6, 6.07) is 0. The van der Waals surface area contributed by atoms with Gasteiger partial charge in [0.1, 0.15) is 0 Å². The van der Waals surface area contributed by atoms with Crippen molar-refractivity contribution in [2.24, 2.45) is 0 Å². The molecule has 0 rings (SSSR count). The first-order chi connectivity index (χ1) is 6.47. The third-order valence-electron chi connectivity index (χ3n) is 1.35. The fourth-order valence-electron chi connectivity index (χ4n) is 0.703. The molecule has 0 aliphatic rings. The predicted molar refractivity (Wildman–Crippen MR) is 45.1 cm³/mol. The lowest BCUT2D eigenvalue weighted by atomic mass is 10.2. The van der Waals surface area contributed by atoms with Crippen molar-refractivity contribution in [1.82, 2.24) is 0 Å². The molecule has 2 atom stereocenters. The molecule has 0 saturated carbocycles. The highest BCUT2D eigenvalue weighted by molar-refractivity contribution is 5.87. The summed E-state index contributed by atoms with van der Waals surface area (Å²) in [4.78, 5) is 21.6. The molecule has 0 aliphatic heterocycles. The molecule has 0 fully saturated rings. The zero-order chi connectivity index (χ0) is 11.1. The molecule has 2 unspecified atom stereocenters. The van der Waals surface area contributed by atoms with Crippen molar-refractivity contribution in [3.8, 4) is 0 Å². The summed E-state index contributed by atoms with van der Waals surface area (Å²) in [6.07, 6.45) is -2.89. The second kappa shape index (κ2) is 6.47. The highest BCUT2D eigenvalue weighted by Gasteiger charge is 2.20. The topological polar surface area (TPSA) is 104 Å². The summed E-state index contributed by atoms with van der Waals surface area (Å²) in [5, 5.41) is 26.1. The molecular formula is C8H14O6. The number of ether oxygens (including phenoxy) is 1. The van der Waals surface area contributed by atoms with Crippen LogP contribution in [0.2, 0.25) is 0 Å². The number of aliphatic hydroxyl groups is 3. The van der Waals surface area contributed by atoms with Crippen LogP contribution >= 0.6 is 0 Å². The number of esters is 2. The quantitative estimate of drug-likeness (QED) is 0.376. The van der Waals surface area contributed by atoms with Gasteiger partial charge >= 0.3 is 11.9 Å². The van der Waals surface area contributed by atoms with Crippen LogP contribution in [0.1, 0.15) is 19.8 Å². The highest BCUT2D eigenvalue weighted by Crippen LogP contribution is 1.98. The fraction of sp³-hybridized carbons (Fsp3) is 0.750. The van der Waals surface area contributed by atoms with Gasteiger partial charge in [-0.05, 0) is 6.92 Å². The standard InChI is InChI=1S/C8H14O6/c1-5(10)4-7(12)14-8(13)6(11)2-3-9/h5-6,9-11H,2-4H2,1H3. The van der Waals surface area contributed by atoms with Crippen molar-refractivity contribution >= 4 is 11.9 Å². The minimum absolute atomic E-state index is 0.180. The molecule has 6 nitrogen and oxygen atoms in total. The van der Waals surface area contributed by atoms with E-state index in [9.17, 15) is 9.59 Å². The van der Waals surface area contributed by atoms with E-state index in [-0.39, 0.29) is 19.4 Å². The Kier molecular flexibility index (Phi) is 6.02. The molecule has 0 aromatic rings. The smallest absolute Gasteiger partial charge is 0.342 e. The Labute approximate surface area is 81.1 Å². The van der Waals surface area contributed by atoms with Crippen molar-refractivity contribution in [2.45, 2.75) is 32.0 Å². The molecule has 0 radical (unpaired) electrons. The summed E-state index contributed by atoms with van der Waals surface area (Å²) in [5.74, 6) is -2.01. The molecule has 0 heterocycles. The maximum atomic E-state index is 10.8. The van der Waals surface area contributed by atoms with Crippen LogP contribution in [-0.4, -0.2) is 46.1 Å². The summed E-state index contributed by atoms with van der Waals surface area (Å²) in [6.45, 7) is 0.997. The van der Waals surface area contributed by atoms with Crippen LogP contribution in [0.3, 0.4) is 0 Å². The number of hydrogen-bond acceptors (Lipinski definition) is 6. The summed E-state index contributed by atoms with van der Waals surface area (Å²) in [5.41, 5.74) is 0. The summed E-state index contributed by atoms with van der Waals surface area (Å²) >= 11 is 0. The SMILES string of the molecule is CC(O)CC(=O)OC(=O)C(O)CCO. The van der Waals surface area contributed by atoms with Crippen LogP contribution in [0.4, 0.5) is 0 Å². The van der Waals surface area contributed by atoms with Crippen LogP contribution in [0, 0.1) is 0 Å². The molecule has 0 aromatic carbocycles. The first-order valence-electron chi connectivity index (χ1n) is 4.19. The molecule has 6 heteroatoms. The highest BCUT2D eigenvalue weighted by atomic mass is 16.6. The van der Waals surface area contributed by atoms with Gasteiger partial charge in [-0.1, -0.05) is 0 Å². The van der Waals surface area contributed by atoms with Crippen LogP contribution < -0.4 is 0 Å². The van der Waals surface area contributed by atoms with Gasteiger partial charge in [0.05, 0.1) is 12.5 Å². The molecule has 0 bridgehead atoms. The Morgan fingerprint density at radius 1 is 1.36 bits per heavy atom. The van der Waals surface area contributed by atoms with Gasteiger partial charge in [0.2, 0.25) is 0 Å². The molecule has 0 spiro atoms. The summed E-state index contributed by atoms with van der Waals surface area (Å²) < 4.78 is 4.18. The van der Waals surface area contributed by atoms with E-state index >= 15 is 0 Å². The van der Waals surface area contributed by atoms with E-state index in [1.807, 2.05) is 0 Å². The third kappa shape index (κ3) is 5.63. The molecule has 14 heavy (non-hydrogen) atoms. The maximum Gasteiger partial charge on any atom is 0.342 e. The van der Waals surface area contributed by atoms with E-state index in [2.05, 4.69) is 4.74 Å². The van der Waals surface area contributed by atoms with E-state index in [1.54, 1.807) is 0 Å². The third-order valence-corrected chi connectivity index (χ3v) is 1.35. The predicted octanol–water partition coefficient (Wildman–Crippen LogP) is -1.43. The van der Waals surface area contributed by atoms with Gasteiger partial charge in [-0.2, -0.15) is 0 Å². The number of carbonyl (C=O) groups is 2. The van der Waals surface area contributed by atoms with E-state index in [0.717, 1.165) is 0 Å². The van der Waals surface area contributed by atoms with Crippen LogP contribution in [-0.2, 0) is 14.3 Å². The number of rotatable bonds is 5. The minimum atomic E-state index is -1.50. The van der Waals surface area contributed by atoms with E-state index in [1.165, 1.54) is 6.92 Å². The van der Waals surface area contributed by atoms with Gasteiger partial charge in [0.25, 0.3) is 0 Å². The Hall–Kier alpha value is -0.980. The molecule has 0 aliphatic carbocycles. The Morgan fingerprint density at radius 2 is 1.93 bits per heavy atom. The van der Waals surface area contributed by atoms with E-state index in [0.29, 0.717) is 0 Å². The largest absolute Gasteiger partial charge is 0.396 e. The molecular weight excluding hydrogens is 192 g/mol. The normalized spacial score (nSPS) is 14.6. The lowest BCUT2D eigenvalue weighted by Crippen LogP contribution is -2.27. The van der Waals surface area contributed by atoms with Crippen molar-refractivity contribution < 1.29 is 29.6 Å². The Bertz CT molecular complexity index is 200. The van der Waals surface area contributed by atoms with Gasteiger partial charge in [-0.15, -0.1) is 0 Å². The van der Waals surface area contributed by atoms with Crippen LogP contribution in [0.25, 0.3) is 0 Å². The van der Waals surface area contributed by atoms with Gasteiger partial charge < -0.3 is 20.1 Å². The van der Waals surface area contributed by atoms with Gasteiger partial charge in [0.15, 0.2) is 6.10 Å². The zero-order valence-corrected chi connectivity index (χ0v) is 7.84. The van der Waals surface area contributed by atoms with Gasteiger partial charge in [-0.3, -0.25) is 4.79 Å². The van der Waals surface area contributed by atoms with Crippen molar-refractivity contribution in [1.29, 1.82) is 0 Å². The number of aliphatic hydroxyl groups excluding tert-OH is 3. The van der Waals surface area contributed by atoms with Crippen LogP contribution in [0.5, 0.6) is 0 Å². The average Bonchev–Trinajstić information content (AvgIpc) is 2.02. The van der Waals surface area contributed by atoms with Crippen molar-refractivity contribution in [3.63, 3.8) is 0 Å². The monoisotopic (exact) mass is 206 g/mol. The van der Waals surface area contributed by atoms with Gasteiger partial charge in [0, 0.05) is 13.0 Å². The fourth-order valence-corrected chi connectivity index (χ4v) is 0.703. The summed E-state index contributed by atoms with van der Waals surface area (Å²) in [7, 11) is 0. The first-order valence-corrected chi connectivity index (χ1v) is 4.19. The lowest BCUT2D eigenvalue weighted by molar-refractivity contribution is -0.167. The number of carbonyl (C=O) groups excluding carboxylic acids is 2. The van der Waals surface area contributed by atoms with Crippen LogP contribution in [0.15, 0.2) is 0 Å². The first kappa shape index (κ1) is 13.0. The van der Waals surface area contributed by atoms with Crippen molar-refractivity contribution in [3.05, 3.63) is 0 Å². The zero-order valence-electron chi connectivity index (χ0n) is 7.84. The maximum absolute atomic E-state index is 10.8. The number of hydrogen-bond donors (Lipinski definition) is 3. The van der Waals surface area contributed by atoms with Crippen molar-refractivity contribution in [2.75, 3.05) is 6.61 Å². The average molecular weight is 206 g/mol. The molecule has 82 valence electrons. The Balaban J connectivity index is 3.87.